The quantitative estimate of drug-likeness (QED) is 0.341. The van der Waals surface area contributed by atoms with Gasteiger partial charge in [0.1, 0.15) is 5.78 Å². The van der Waals surface area contributed by atoms with Gasteiger partial charge in [-0.25, -0.2) is 0 Å². The first kappa shape index (κ1) is 19.7. The molecule has 0 bridgehead atoms. The summed E-state index contributed by atoms with van der Waals surface area (Å²) in [5.41, 5.74) is 1.86. The molecule has 0 spiro atoms. The van der Waals surface area contributed by atoms with Crippen molar-refractivity contribution >= 4 is 28.8 Å². The number of hydrogen-bond acceptors (Lipinski definition) is 4. The highest BCUT2D eigenvalue weighted by atomic mass is 16.4. The molecule has 26 heavy (non-hydrogen) atoms. The van der Waals surface area contributed by atoms with Gasteiger partial charge < -0.3 is 15.5 Å². The minimum atomic E-state index is -0.515. The van der Waals surface area contributed by atoms with Crippen molar-refractivity contribution < 1.29 is 14.8 Å². The Morgan fingerprint density at radius 3 is 2.73 bits per heavy atom. The van der Waals surface area contributed by atoms with E-state index in [1.807, 2.05) is 44.3 Å². The number of ketones is 1. The summed E-state index contributed by atoms with van der Waals surface area (Å²) in [6.07, 6.45) is 5.99. The molecule has 1 amide bonds. The Labute approximate surface area is 153 Å². The lowest BCUT2D eigenvalue weighted by Crippen LogP contribution is -2.35. The van der Waals surface area contributed by atoms with Crippen LogP contribution in [0.2, 0.25) is 0 Å². The maximum absolute atomic E-state index is 12.7. The smallest absolute Gasteiger partial charge is 0.229 e. The zero-order chi connectivity index (χ0) is 18.9. The lowest BCUT2D eigenvalue weighted by atomic mass is 9.97. The zero-order valence-electron chi connectivity index (χ0n) is 15.4. The van der Waals surface area contributed by atoms with Gasteiger partial charge >= 0.3 is 0 Å². The van der Waals surface area contributed by atoms with Gasteiger partial charge in [-0.1, -0.05) is 38.5 Å². The molecule has 1 aromatic carbocycles. The molecule has 3 N–H and O–H groups in total. The number of nitrogens with zero attached hydrogens (tertiary/aromatic N) is 1. The summed E-state index contributed by atoms with van der Waals surface area (Å²) >= 11 is 0. The number of amides is 1. The van der Waals surface area contributed by atoms with Gasteiger partial charge in [-0.05, 0) is 18.9 Å². The van der Waals surface area contributed by atoms with E-state index in [0.29, 0.717) is 12.8 Å². The van der Waals surface area contributed by atoms with Crippen LogP contribution in [0.3, 0.4) is 0 Å². The second kappa shape index (κ2) is 9.75. The molecule has 6 nitrogen and oxygen atoms in total. The van der Waals surface area contributed by atoms with E-state index in [2.05, 4.69) is 15.5 Å². The largest absolute Gasteiger partial charge is 0.411 e. The van der Waals surface area contributed by atoms with E-state index < -0.39 is 12.0 Å². The molecule has 0 aliphatic rings. The van der Waals surface area contributed by atoms with E-state index in [9.17, 15) is 9.59 Å². The number of oxime groups is 1. The second-order valence-electron chi connectivity index (χ2n) is 6.50. The standard InChI is InChI=1S/C20H27N3O3/c1-3-7-14(12-22-26)20(25)23-19(11-15(24)8-4-2)17-13-21-18-10-6-5-9-16(17)18/h5-6,9-10,12-14,19,21,26H,3-4,7-8,11H2,1-2H3,(H,23,25)/b22-12+. The predicted molar refractivity (Wildman–Crippen MR) is 102 cm³/mol. The fraction of sp³-hybridized carbons (Fsp3) is 0.450. The molecule has 0 radical (unpaired) electrons. The van der Waals surface area contributed by atoms with Crippen LogP contribution >= 0.6 is 0 Å². The number of H-pyrrole nitrogens is 1. The molecule has 0 aliphatic heterocycles. The summed E-state index contributed by atoms with van der Waals surface area (Å²) in [5.74, 6) is -0.630. The van der Waals surface area contributed by atoms with Gasteiger partial charge in [0.25, 0.3) is 0 Å². The Balaban J connectivity index is 2.29. The number of Topliss-reactive ketones (excluding diaryl/α,β-unsaturated/α-hetero) is 1. The fourth-order valence-electron chi connectivity index (χ4n) is 3.17. The molecule has 1 aromatic heterocycles. The molecule has 2 atom stereocenters. The van der Waals surface area contributed by atoms with Crippen molar-refractivity contribution in [3.63, 3.8) is 0 Å². The number of carbonyl (C=O) groups excluding carboxylic acids is 2. The molecule has 0 fully saturated rings. The van der Waals surface area contributed by atoms with Crippen LogP contribution in [0.1, 0.15) is 57.6 Å². The first-order valence-corrected chi connectivity index (χ1v) is 9.16. The number of rotatable bonds is 10. The Morgan fingerprint density at radius 2 is 2.04 bits per heavy atom. The molecule has 2 rings (SSSR count). The molecule has 1 heterocycles. The lowest BCUT2D eigenvalue weighted by Gasteiger charge is -2.20. The first-order chi connectivity index (χ1) is 12.6. The Bertz CT molecular complexity index is 767. The van der Waals surface area contributed by atoms with Gasteiger partial charge in [0.15, 0.2) is 0 Å². The highest BCUT2D eigenvalue weighted by Crippen LogP contribution is 2.27. The van der Waals surface area contributed by atoms with E-state index >= 15 is 0 Å². The molecule has 2 unspecified atom stereocenters. The van der Waals surface area contributed by atoms with Crippen LogP contribution in [0.25, 0.3) is 10.9 Å². The number of para-hydroxylation sites is 1. The summed E-state index contributed by atoms with van der Waals surface area (Å²) in [6, 6.07) is 7.40. The number of nitrogens with one attached hydrogen (secondary N) is 2. The normalized spacial score (nSPS) is 13.8. The van der Waals surface area contributed by atoms with Gasteiger partial charge in [-0.2, -0.15) is 0 Å². The van der Waals surface area contributed by atoms with Crippen LogP contribution in [0, 0.1) is 5.92 Å². The first-order valence-electron chi connectivity index (χ1n) is 9.16. The van der Waals surface area contributed by atoms with E-state index in [1.54, 1.807) is 0 Å². The Hall–Kier alpha value is -2.63. The highest BCUT2D eigenvalue weighted by Gasteiger charge is 2.24. The monoisotopic (exact) mass is 357 g/mol. The summed E-state index contributed by atoms with van der Waals surface area (Å²) in [6.45, 7) is 3.93. The van der Waals surface area contributed by atoms with Crippen LogP contribution in [-0.2, 0) is 9.59 Å². The van der Waals surface area contributed by atoms with Crippen LogP contribution in [0.4, 0.5) is 0 Å². The molecular weight excluding hydrogens is 330 g/mol. The van der Waals surface area contributed by atoms with Crippen molar-refractivity contribution in [2.45, 2.75) is 52.0 Å². The average Bonchev–Trinajstić information content (AvgIpc) is 3.05. The number of benzene rings is 1. The SMILES string of the molecule is CCCC(=O)CC(NC(=O)C(/C=N/O)CCC)c1c[nH]c2ccccc12. The van der Waals surface area contributed by atoms with Crippen molar-refractivity contribution in [1.29, 1.82) is 0 Å². The molecule has 140 valence electrons. The number of aromatic nitrogens is 1. The second-order valence-corrected chi connectivity index (χ2v) is 6.50. The van der Waals surface area contributed by atoms with E-state index in [-0.39, 0.29) is 18.1 Å². The van der Waals surface area contributed by atoms with Crippen molar-refractivity contribution in [2.75, 3.05) is 0 Å². The maximum Gasteiger partial charge on any atom is 0.229 e. The maximum atomic E-state index is 12.7. The topological polar surface area (TPSA) is 94.6 Å². The van der Waals surface area contributed by atoms with Crippen LogP contribution in [-0.4, -0.2) is 28.1 Å². The fourth-order valence-corrected chi connectivity index (χ4v) is 3.17. The number of hydrogen-bond donors (Lipinski definition) is 3. The third kappa shape index (κ3) is 4.94. The van der Waals surface area contributed by atoms with Gasteiger partial charge in [0.2, 0.25) is 5.91 Å². The minimum Gasteiger partial charge on any atom is -0.411 e. The summed E-state index contributed by atoms with van der Waals surface area (Å²) in [5, 5.41) is 15.8. The number of fused-ring (bicyclic) bond motifs is 1. The molecule has 6 heteroatoms. The summed E-state index contributed by atoms with van der Waals surface area (Å²) in [7, 11) is 0. The van der Waals surface area contributed by atoms with Gasteiger partial charge in [-0.15, -0.1) is 5.16 Å². The molecule has 2 aromatic rings. The van der Waals surface area contributed by atoms with Gasteiger partial charge in [-0.3, -0.25) is 9.59 Å². The zero-order valence-corrected chi connectivity index (χ0v) is 15.4. The molecule has 0 aliphatic carbocycles. The van der Waals surface area contributed by atoms with Crippen LogP contribution < -0.4 is 5.32 Å². The van der Waals surface area contributed by atoms with Crippen LogP contribution in [0.5, 0.6) is 0 Å². The van der Waals surface area contributed by atoms with Gasteiger partial charge in [0, 0.05) is 35.5 Å². The van der Waals surface area contributed by atoms with E-state index in [4.69, 9.17) is 5.21 Å². The van der Waals surface area contributed by atoms with Crippen LogP contribution in [0.15, 0.2) is 35.6 Å². The third-order valence-corrected chi connectivity index (χ3v) is 4.46. The third-order valence-electron chi connectivity index (χ3n) is 4.46. The number of aromatic amines is 1. The van der Waals surface area contributed by atoms with Crippen molar-refractivity contribution in [3.8, 4) is 0 Å². The molecule has 0 saturated carbocycles. The number of carbonyl (C=O) groups is 2. The summed E-state index contributed by atoms with van der Waals surface area (Å²) < 4.78 is 0. The van der Waals surface area contributed by atoms with Crippen molar-refractivity contribution in [1.82, 2.24) is 10.3 Å². The van der Waals surface area contributed by atoms with Crippen molar-refractivity contribution in [2.24, 2.45) is 11.1 Å². The van der Waals surface area contributed by atoms with Gasteiger partial charge in [0.05, 0.1) is 18.2 Å². The Morgan fingerprint density at radius 1 is 1.27 bits per heavy atom. The average molecular weight is 357 g/mol. The highest BCUT2D eigenvalue weighted by molar-refractivity contribution is 5.94. The molecule has 0 saturated heterocycles. The Kier molecular flexibility index (Phi) is 7.38. The lowest BCUT2D eigenvalue weighted by molar-refractivity contribution is -0.124. The summed E-state index contributed by atoms with van der Waals surface area (Å²) in [4.78, 5) is 28.1. The minimum absolute atomic E-state index is 0.117. The predicted octanol–water partition coefficient (Wildman–Crippen LogP) is 3.96. The van der Waals surface area contributed by atoms with E-state index in [1.165, 1.54) is 6.21 Å². The molecular formula is C20H27N3O3. The van der Waals surface area contributed by atoms with E-state index in [0.717, 1.165) is 29.3 Å². The van der Waals surface area contributed by atoms with Crippen molar-refractivity contribution in [3.05, 3.63) is 36.0 Å².